The van der Waals surface area contributed by atoms with Crippen LogP contribution in [0.15, 0.2) is 0 Å². The van der Waals surface area contributed by atoms with Crippen LogP contribution in [0.2, 0.25) is 0 Å². The lowest BCUT2D eigenvalue weighted by molar-refractivity contribution is -0.140. The zero-order valence-corrected chi connectivity index (χ0v) is 11.7. The second kappa shape index (κ2) is 5.35. The lowest BCUT2D eigenvalue weighted by atomic mass is 10.0. The van der Waals surface area contributed by atoms with Gasteiger partial charge in [-0.25, -0.2) is 0 Å². The van der Waals surface area contributed by atoms with Gasteiger partial charge in [0.25, 0.3) is 10.2 Å². The van der Waals surface area contributed by atoms with Crippen LogP contribution in [-0.4, -0.2) is 65.0 Å². The molecule has 0 saturated carbocycles. The Kier molecular flexibility index (Phi) is 4.14. The molecule has 3 atom stereocenters. The maximum atomic E-state index is 12.5. The smallest absolute Gasteiger partial charge is 0.322 e. The molecule has 0 aliphatic carbocycles. The first-order valence-corrected chi connectivity index (χ1v) is 7.90. The summed E-state index contributed by atoms with van der Waals surface area (Å²) in [5, 5.41) is 18.6. The highest BCUT2D eigenvalue weighted by atomic mass is 32.2. The molecule has 2 saturated heterocycles. The van der Waals surface area contributed by atoms with Gasteiger partial charge in [-0.2, -0.15) is 17.0 Å². The van der Waals surface area contributed by atoms with Crippen LogP contribution in [0.4, 0.5) is 0 Å². The van der Waals surface area contributed by atoms with Crippen LogP contribution in [0.25, 0.3) is 0 Å². The van der Waals surface area contributed by atoms with Crippen LogP contribution in [-0.2, 0) is 15.0 Å². The average molecular weight is 292 g/mol. The summed E-state index contributed by atoms with van der Waals surface area (Å²) in [6.45, 7) is 2.69. The Balaban J connectivity index is 2.20. The molecule has 8 heteroatoms. The van der Waals surface area contributed by atoms with Gasteiger partial charge in [0.1, 0.15) is 6.04 Å². The van der Waals surface area contributed by atoms with Crippen molar-refractivity contribution in [1.82, 2.24) is 8.61 Å². The molecule has 0 spiro atoms. The quantitative estimate of drug-likeness (QED) is 0.729. The molecule has 2 fully saturated rings. The predicted molar refractivity (Wildman–Crippen MR) is 67.6 cm³/mol. The van der Waals surface area contributed by atoms with Crippen LogP contribution in [0, 0.1) is 5.92 Å². The number of carboxylic acid groups (broad SMARTS) is 1. The highest BCUT2D eigenvalue weighted by molar-refractivity contribution is 7.86. The number of carbonyl (C=O) groups is 1. The van der Waals surface area contributed by atoms with Gasteiger partial charge in [-0.15, -0.1) is 0 Å². The Morgan fingerprint density at radius 3 is 2.58 bits per heavy atom. The third-order valence-corrected chi connectivity index (χ3v) is 5.74. The zero-order valence-electron chi connectivity index (χ0n) is 10.9. The van der Waals surface area contributed by atoms with Crippen LogP contribution in [0.1, 0.15) is 26.2 Å². The number of hydrogen-bond acceptors (Lipinski definition) is 4. The van der Waals surface area contributed by atoms with E-state index in [9.17, 15) is 18.3 Å². The fourth-order valence-electron chi connectivity index (χ4n) is 2.77. The first kappa shape index (κ1) is 14.7. The summed E-state index contributed by atoms with van der Waals surface area (Å²) >= 11 is 0. The van der Waals surface area contributed by atoms with E-state index in [1.165, 1.54) is 4.31 Å². The molecule has 2 heterocycles. The number of carboxylic acids is 1. The molecule has 0 aromatic carbocycles. The van der Waals surface area contributed by atoms with Crippen molar-refractivity contribution in [2.75, 3.05) is 19.6 Å². The Hall–Kier alpha value is -0.700. The first-order valence-electron chi connectivity index (χ1n) is 6.50. The summed E-state index contributed by atoms with van der Waals surface area (Å²) in [4.78, 5) is 11.1. The van der Waals surface area contributed by atoms with Crippen molar-refractivity contribution in [3.8, 4) is 0 Å². The minimum absolute atomic E-state index is 0.0437. The van der Waals surface area contributed by atoms with Gasteiger partial charge in [0.2, 0.25) is 0 Å². The Bertz CT molecular complexity index is 452. The topological polar surface area (TPSA) is 98.2 Å². The molecule has 2 N–H and O–H groups in total. The monoisotopic (exact) mass is 292 g/mol. The summed E-state index contributed by atoms with van der Waals surface area (Å²) in [5.41, 5.74) is 0. The lowest BCUT2D eigenvalue weighted by Gasteiger charge is -2.34. The van der Waals surface area contributed by atoms with E-state index in [2.05, 4.69) is 0 Å². The van der Waals surface area contributed by atoms with Crippen molar-refractivity contribution in [3.05, 3.63) is 0 Å². The number of aliphatic hydroxyl groups excluding tert-OH is 1. The number of rotatable bonds is 3. The molecule has 2 rings (SSSR count). The van der Waals surface area contributed by atoms with Crippen molar-refractivity contribution in [2.45, 2.75) is 38.3 Å². The molecule has 2 aliphatic heterocycles. The number of aliphatic carboxylic acids is 1. The van der Waals surface area contributed by atoms with E-state index in [-0.39, 0.29) is 18.9 Å². The molecule has 0 amide bonds. The molecular formula is C11H20N2O5S. The van der Waals surface area contributed by atoms with Crippen LogP contribution < -0.4 is 0 Å². The maximum absolute atomic E-state index is 12.5. The van der Waals surface area contributed by atoms with Crippen LogP contribution in [0.5, 0.6) is 0 Å². The molecule has 19 heavy (non-hydrogen) atoms. The van der Waals surface area contributed by atoms with E-state index in [1.54, 1.807) is 0 Å². The summed E-state index contributed by atoms with van der Waals surface area (Å²) < 4.78 is 27.2. The Morgan fingerprint density at radius 2 is 2.00 bits per heavy atom. The highest BCUT2D eigenvalue weighted by Crippen LogP contribution is 2.27. The third-order valence-electron chi connectivity index (χ3n) is 3.76. The number of hydrogen-bond donors (Lipinski definition) is 2. The first-order chi connectivity index (χ1) is 8.82. The summed E-state index contributed by atoms with van der Waals surface area (Å²) in [6.07, 6.45) is 0.821. The summed E-state index contributed by atoms with van der Waals surface area (Å²) in [6, 6.07) is -1.16. The second-order valence-electron chi connectivity index (χ2n) is 5.43. The van der Waals surface area contributed by atoms with Crippen molar-refractivity contribution in [3.63, 3.8) is 0 Å². The second-order valence-corrected chi connectivity index (χ2v) is 7.31. The third kappa shape index (κ3) is 2.91. The standard InChI is InChI=1S/C11H20N2O5S/c1-8-3-2-4-12(6-8)19(17,18)13-7-9(14)5-10(13)11(15)16/h8-10,14H,2-7H2,1H3,(H,15,16)/t8?,9-,10-/m0/s1. The Morgan fingerprint density at radius 1 is 1.32 bits per heavy atom. The zero-order chi connectivity index (χ0) is 14.2. The predicted octanol–water partition coefficient (Wildman–Crippen LogP) is -0.517. The SMILES string of the molecule is CC1CCCN(S(=O)(=O)N2C[C@@H](O)C[C@H]2C(=O)O)C1. The van der Waals surface area contributed by atoms with E-state index in [4.69, 9.17) is 5.11 Å². The van der Waals surface area contributed by atoms with Crippen molar-refractivity contribution >= 4 is 16.2 Å². The van der Waals surface area contributed by atoms with Gasteiger partial charge in [0, 0.05) is 26.1 Å². The van der Waals surface area contributed by atoms with E-state index >= 15 is 0 Å². The van der Waals surface area contributed by atoms with Gasteiger partial charge in [-0.1, -0.05) is 6.92 Å². The summed E-state index contributed by atoms with van der Waals surface area (Å²) in [5.74, 6) is -0.926. The van der Waals surface area contributed by atoms with Crippen LogP contribution in [0.3, 0.4) is 0 Å². The van der Waals surface area contributed by atoms with Gasteiger partial charge in [0.05, 0.1) is 6.10 Å². The molecule has 0 aromatic rings. The number of nitrogens with zero attached hydrogens (tertiary/aromatic N) is 2. The van der Waals surface area contributed by atoms with E-state index in [0.29, 0.717) is 13.1 Å². The molecule has 1 unspecified atom stereocenters. The largest absolute Gasteiger partial charge is 0.480 e. The van der Waals surface area contributed by atoms with Crippen LogP contribution >= 0.6 is 0 Å². The summed E-state index contributed by atoms with van der Waals surface area (Å²) in [7, 11) is -3.80. The molecule has 0 aromatic heterocycles. The molecule has 7 nitrogen and oxygen atoms in total. The van der Waals surface area contributed by atoms with Gasteiger partial charge in [0.15, 0.2) is 0 Å². The van der Waals surface area contributed by atoms with Gasteiger partial charge >= 0.3 is 5.97 Å². The fourth-order valence-corrected chi connectivity index (χ4v) is 4.73. The van der Waals surface area contributed by atoms with Crippen molar-refractivity contribution < 1.29 is 23.4 Å². The maximum Gasteiger partial charge on any atom is 0.322 e. The number of aliphatic hydroxyl groups is 1. The molecule has 2 aliphatic rings. The van der Waals surface area contributed by atoms with Gasteiger partial charge < -0.3 is 10.2 Å². The lowest BCUT2D eigenvalue weighted by Crippen LogP contribution is -2.51. The molecule has 0 radical (unpaired) electrons. The number of β-amino-alcohol motifs (C(OH)–C–C–N with tert-alkyl or cyclic N) is 1. The van der Waals surface area contributed by atoms with E-state index in [1.807, 2.05) is 6.92 Å². The number of piperidine rings is 1. The highest BCUT2D eigenvalue weighted by Gasteiger charge is 2.45. The van der Waals surface area contributed by atoms with Gasteiger partial charge in [-0.05, 0) is 18.8 Å². The van der Waals surface area contributed by atoms with Crippen molar-refractivity contribution in [1.29, 1.82) is 0 Å². The average Bonchev–Trinajstić information content (AvgIpc) is 2.72. The minimum Gasteiger partial charge on any atom is -0.480 e. The van der Waals surface area contributed by atoms with E-state index in [0.717, 1.165) is 17.1 Å². The normalized spacial score (nSPS) is 34.5. The van der Waals surface area contributed by atoms with Crippen molar-refractivity contribution in [2.24, 2.45) is 5.92 Å². The molecule has 0 bridgehead atoms. The van der Waals surface area contributed by atoms with Gasteiger partial charge in [-0.3, -0.25) is 4.79 Å². The Labute approximate surface area is 113 Å². The fraction of sp³-hybridized carbons (Fsp3) is 0.909. The minimum atomic E-state index is -3.80. The van der Waals surface area contributed by atoms with E-state index < -0.39 is 28.3 Å². The molecule has 110 valence electrons. The molecular weight excluding hydrogens is 272 g/mol.